The zero-order chi connectivity index (χ0) is 21.5. The first-order chi connectivity index (χ1) is 12.7. The van der Waals surface area contributed by atoms with Crippen molar-refractivity contribution < 1.29 is 20.1 Å². The van der Waals surface area contributed by atoms with E-state index in [0.717, 1.165) is 16.7 Å². The van der Waals surface area contributed by atoms with Crippen molar-refractivity contribution in [1.29, 1.82) is 0 Å². The number of phenolic OH excluding ortho intramolecular Hbond substituents is 2. The van der Waals surface area contributed by atoms with E-state index >= 15 is 0 Å². The number of hydrogen-bond acceptors (Lipinski definition) is 3. The Morgan fingerprint density at radius 1 is 0.857 bits per heavy atom. The maximum Gasteiger partial charge on any atom is 0.304 e. The molecule has 0 amide bonds. The van der Waals surface area contributed by atoms with Gasteiger partial charge in [-0.05, 0) is 52.1 Å². The number of carboxylic acid groups (broad SMARTS) is 1. The van der Waals surface area contributed by atoms with Crippen LogP contribution in [0.25, 0.3) is 0 Å². The molecule has 0 radical (unpaired) electrons. The Morgan fingerprint density at radius 3 is 1.79 bits per heavy atom. The first kappa shape index (κ1) is 21.8. The molecular weight excluding hydrogens is 352 g/mol. The van der Waals surface area contributed by atoms with Gasteiger partial charge < -0.3 is 15.3 Å². The second-order valence-corrected chi connectivity index (χ2v) is 9.71. The van der Waals surface area contributed by atoms with Crippen LogP contribution in [0.4, 0.5) is 0 Å². The molecule has 2 aromatic carbocycles. The summed E-state index contributed by atoms with van der Waals surface area (Å²) >= 11 is 0. The Labute approximate surface area is 167 Å². The van der Waals surface area contributed by atoms with E-state index in [1.54, 1.807) is 18.2 Å². The topological polar surface area (TPSA) is 77.8 Å². The summed E-state index contributed by atoms with van der Waals surface area (Å²) in [6.45, 7) is 14.0. The zero-order valence-electron chi connectivity index (χ0n) is 17.9. The van der Waals surface area contributed by atoms with E-state index in [-0.39, 0.29) is 23.3 Å². The normalized spacial score (nSPS) is 14.5. The van der Waals surface area contributed by atoms with Crippen LogP contribution in [-0.2, 0) is 15.6 Å². The SMILES string of the molecule is Cc1cc(C(CC(=O)O)(c2ccc(O)c(C(C)(C)C)c2)C(C)(C)C)ccc1O. The summed E-state index contributed by atoms with van der Waals surface area (Å²) in [6, 6.07) is 10.7. The van der Waals surface area contributed by atoms with Crippen LogP contribution in [0.1, 0.15) is 70.2 Å². The molecule has 4 nitrogen and oxygen atoms in total. The van der Waals surface area contributed by atoms with Crippen molar-refractivity contribution in [1.82, 2.24) is 0 Å². The molecular formula is C24H32O4. The highest BCUT2D eigenvalue weighted by Crippen LogP contribution is 2.51. The predicted molar refractivity (Wildman–Crippen MR) is 112 cm³/mol. The standard InChI is InChI=1S/C24H32O4/c1-15-12-16(8-10-19(15)25)24(14-21(27)28,23(5,6)7)17-9-11-20(26)18(13-17)22(2,3)4/h8-13,25-26H,14H2,1-7H3,(H,27,28). The van der Waals surface area contributed by atoms with Crippen LogP contribution in [0.2, 0.25) is 0 Å². The Kier molecular flexibility index (Phi) is 5.57. The van der Waals surface area contributed by atoms with Crippen LogP contribution in [-0.4, -0.2) is 21.3 Å². The number of rotatable bonds is 4. The molecule has 0 aliphatic rings. The average molecular weight is 385 g/mol. The summed E-state index contributed by atoms with van der Waals surface area (Å²) in [4.78, 5) is 12.0. The van der Waals surface area contributed by atoms with E-state index in [4.69, 9.17) is 0 Å². The van der Waals surface area contributed by atoms with Gasteiger partial charge in [0.1, 0.15) is 11.5 Å². The van der Waals surface area contributed by atoms with E-state index in [1.807, 2.05) is 66.7 Å². The minimum absolute atomic E-state index is 0.102. The minimum Gasteiger partial charge on any atom is -0.508 e. The third-order valence-electron chi connectivity index (χ3n) is 5.68. The van der Waals surface area contributed by atoms with Gasteiger partial charge >= 0.3 is 5.97 Å². The number of aromatic hydroxyl groups is 2. The van der Waals surface area contributed by atoms with Crippen LogP contribution in [0.15, 0.2) is 36.4 Å². The summed E-state index contributed by atoms with van der Waals surface area (Å²) in [5, 5.41) is 30.3. The highest BCUT2D eigenvalue weighted by Gasteiger charge is 2.47. The fraction of sp³-hybridized carbons (Fsp3) is 0.458. The van der Waals surface area contributed by atoms with Crippen molar-refractivity contribution in [3.63, 3.8) is 0 Å². The molecule has 3 N–H and O–H groups in total. The Balaban J connectivity index is 2.92. The van der Waals surface area contributed by atoms with Crippen molar-refractivity contribution in [2.45, 2.75) is 65.7 Å². The fourth-order valence-corrected chi connectivity index (χ4v) is 4.05. The molecule has 1 unspecified atom stereocenters. The van der Waals surface area contributed by atoms with Gasteiger partial charge in [-0.25, -0.2) is 0 Å². The lowest BCUT2D eigenvalue weighted by atomic mass is 9.57. The molecule has 0 saturated heterocycles. The number of hydrogen-bond donors (Lipinski definition) is 3. The molecule has 0 fully saturated rings. The quantitative estimate of drug-likeness (QED) is 0.649. The third kappa shape index (κ3) is 3.87. The molecule has 0 aliphatic carbocycles. The van der Waals surface area contributed by atoms with Crippen molar-refractivity contribution in [3.8, 4) is 11.5 Å². The highest BCUT2D eigenvalue weighted by atomic mass is 16.4. The van der Waals surface area contributed by atoms with Gasteiger partial charge in [-0.15, -0.1) is 0 Å². The number of carbonyl (C=O) groups is 1. The Hall–Kier alpha value is -2.49. The molecule has 0 heterocycles. The van der Waals surface area contributed by atoms with Gasteiger partial charge in [-0.2, -0.15) is 0 Å². The van der Waals surface area contributed by atoms with Crippen LogP contribution < -0.4 is 0 Å². The lowest BCUT2D eigenvalue weighted by Crippen LogP contribution is -2.43. The maximum absolute atomic E-state index is 12.0. The number of benzene rings is 2. The molecule has 4 heteroatoms. The first-order valence-electron chi connectivity index (χ1n) is 9.56. The Morgan fingerprint density at radius 2 is 1.36 bits per heavy atom. The predicted octanol–water partition coefficient (Wildman–Crippen LogP) is 5.51. The van der Waals surface area contributed by atoms with Crippen molar-refractivity contribution in [2.24, 2.45) is 5.41 Å². The number of aryl methyl sites for hydroxylation is 1. The lowest BCUT2D eigenvalue weighted by molar-refractivity contribution is -0.139. The first-order valence-corrected chi connectivity index (χ1v) is 9.56. The third-order valence-corrected chi connectivity index (χ3v) is 5.68. The largest absolute Gasteiger partial charge is 0.508 e. The average Bonchev–Trinajstić information content (AvgIpc) is 2.53. The van der Waals surface area contributed by atoms with E-state index in [2.05, 4.69) is 0 Å². The summed E-state index contributed by atoms with van der Waals surface area (Å²) in [5.41, 5.74) is 1.58. The minimum atomic E-state index is -0.897. The Bertz CT molecular complexity index is 884. The van der Waals surface area contributed by atoms with Crippen molar-refractivity contribution in [3.05, 3.63) is 58.7 Å². The summed E-state index contributed by atoms with van der Waals surface area (Å²) in [7, 11) is 0. The number of phenols is 2. The molecule has 0 saturated carbocycles. The maximum atomic E-state index is 12.0. The molecule has 0 spiro atoms. The van der Waals surface area contributed by atoms with E-state index in [9.17, 15) is 20.1 Å². The molecule has 0 aromatic heterocycles. The molecule has 2 aromatic rings. The fourth-order valence-electron chi connectivity index (χ4n) is 4.05. The summed E-state index contributed by atoms with van der Waals surface area (Å²) in [6.07, 6.45) is -0.102. The summed E-state index contributed by atoms with van der Waals surface area (Å²) < 4.78 is 0. The smallest absolute Gasteiger partial charge is 0.304 e. The summed E-state index contributed by atoms with van der Waals surface area (Å²) in [5.74, 6) is -0.509. The number of aliphatic carboxylic acids is 1. The molecule has 2 rings (SSSR count). The molecule has 0 aliphatic heterocycles. The monoisotopic (exact) mass is 384 g/mol. The van der Waals surface area contributed by atoms with Crippen molar-refractivity contribution >= 4 is 5.97 Å². The van der Waals surface area contributed by atoms with Gasteiger partial charge in [0.15, 0.2) is 0 Å². The number of carboxylic acids is 1. The van der Waals surface area contributed by atoms with E-state index in [1.165, 1.54) is 0 Å². The van der Waals surface area contributed by atoms with Gasteiger partial charge in [-0.1, -0.05) is 65.8 Å². The van der Waals surface area contributed by atoms with Gasteiger partial charge in [0.05, 0.1) is 6.42 Å². The zero-order valence-corrected chi connectivity index (χ0v) is 17.9. The molecule has 152 valence electrons. The van der Waals surface area contributed by atoms with Crippen molar-refractivity contribution in [2.75, 3.05) is 0 Å². The van der Waals surface area contributed by atoms with Gasteiger partial charge in [0.2, 0.25) is 0 Å². The van der Waals surface area contributed by atoms with E-state index < -0.39 is 16.8 Å². The molecule has 28 heavy (non-hydrogen) atoms. The second kappa shape index (κ2) is 7.16. The lowest BCUT2D eigenvalue weighted by Gasteiger charge is -2.46. The van der Waals surface area contributed by atoms with Crippen LogP contribution >= 0.6 is 0 Å². The molecule has 1 atom stereocenters. The second-order valence-electron chi connectivity index (χ2n) is 9.71. The molecule has 0 bridgehead atoms. The van der Waals surface area contributed by atoms with Gasteiger partial charge in [0.25, 0.3) is 0 Å². The van der Waals surface area contributed by atoms with Crippen LogP contribution in [0.5, 0.6) is 11.5 Å². The highest BCUT2D eigenvalue weighted by molar-refractivity contribution is 5.71. The van der Waals surface area contributed by atoms with E-state index in [0.29, 0.717) is 5.56 Å². The van der Waals surface area contributed by atoms with Crippen LogP contribution in [0.3, 0.4) is 0 Å². The van der Waals surface area contributed by atoms with Crippen LogP contribution in [0, 0.1) is 12.3 Å². The van der Waals surface area contributed by atoms with Gasteiger partial charge in [-0.3, -0.25) is 4.79 Å². The van der Waals surface area contributed by atoms with Gasteiger partial charge in [0, 0.05) is 5.41 Å².